The van der Waals surface area contributed by atoms with Crippen molar-refractivity contribution in [3.8, 4) is 0 Å². The minimum atomic E-state index is 0.0964. The first-order valence-electron chi connectivity index (χ1n) is 9.72. The Morgan fingerprint density at radius 1 is 1.28 bits per heavy atom. The third-order valence-corrected chi connectivity index (χ3v) is 7.80. The summed E-state index contributed by atoms with van der Waals surface area (Å²) in [5.74, 6) is 1.33. The normalized spacial score (nSPS) is 40.8. The van der Waals surface area contributed by atoms with Gasteiger partial charge in [-0.3, -0.25) is 9.69 Å². The van der Waals surface area contributed by atoms with Crippen LogP contribution in [-0.4, -0.2) is 47.7 Å². The van der Waals surface area contributed by atoms with Crippen molar-refractivity contribution in [3.05, 3.63) is 41.5 Å². The van der Waals surface area contributed by atoms with Gasteiger partial charge in [-0.1, -0.05) is 24.3 Å². The van der Waals surface area contributed by atoms with Gasteiger partial charge in [-0.05, 0) is 54.8 Å². The standard InChI is InChI=1S/C21H24N2O2/c24-10-7-13-12-22-9-8-21-16-3-1-2-4-17(16)23-19(25)6-5-14(20(21)23)15(13)11-18(21)22/h1-5,13,15,18,20,24H,6-12H2/t13?,15-,18-,20-,21+/m0/s1. The molecule has 5 aliphatic rings. The van der Waals surface area contributed by atoms with E-state index >= 15 is 0 Å². The summed E-state index contributed by atoms with van der Waals surface area (Å²) >= 11 is 0. The van der Waals surface area contributed by atoms with Crippen LogP contribution in [-0.2, 0) is 10.2 Å². The molecule has 4 heterocycles. The molecule has 4 aliphatic heterocycles. The Labute approximate surface area is 148 Å². The average Bonchev–Trinajstić information content (AvgIpc) is 3.17. The number of anilines is 1. The van der Waals surface area contributed by atoms with Crippen LogP contribution in [0.1, 0.15) is 31.2 Å². The highest BCUT2D eigenvalue weighted by Crippen LogP contribution is 2.64. The number of rotatable bonds is 2. The topological polar surface area (TPSA) is 43.8 Å². The Bertz CT molecular complexity index is 803. The van der Waals surface area contributed by atoms with Crippen LogP contribution in [0.3, 0.4) is 0 Å². The van der Waals surface area contributed by atoms with Crippen LogP contribution in [0.5, 0.6) is 0 Å². The predicted octanol–water partition coefficient (Wildman–Crippen LogP) is 2.08. The van der Waals surface area contributed by atoms with Crippen LogP contribution in [0.2, 0.25) is 0 Å². The van der Waals surface area contributed by atoms with E-state index in [4.69, 9.17) is 0 Å². The van der Waals surface area contributed by atoms with Crippen molar-refractivity contribution >= 4 is 11.6 Å². The van der Waals surface area contributed by atoms with E-state index in [0.29, 0.717) is 24.3 Å². The number of amides is 1. The number of piperidine rings is 1. The molecule has 5 atom stereocenters. The van der Waals surface area contributed by atoms with Gasteiger partial charge in [0, 0.05) is 36.7 Å². The van der Waals surface area contributed by atoms with Gasteiger partial charge in [-0.25, -0.2) is 0 Å². The van der Waals surface area contributed by atoms with Crippen LogP contribution in [0.25, 0.3) is 0 Å². The van der Waals surface area contributed by atoms with Crippen molar-refractivity contribution < 1.29 is 9.90 Å². The third kappa shape index (κ3) is 1.55. The molecule has 1 unspecified atom stereocenters. The maximum atomic E-state index is 12.9. The molecule has 1 aromatic rings. The van der Waals surface area contributed by atoms with Crippen molar-refractivity contribution in [3.63, 3.8) is 0 Å². The van der Waals surface area contributed by atoms with E-state index in [9.17, 15) is 9.90 Å². The molecule has 3 fully saturated rings. The average molecular weight is 336 g/mol. The summed E-state index contributed by atoms with van der Waals surface area (Å²) in [6.07, 6.45) is 6.03. The summed E-state index contributed by atoms with van der Waals surface area (Å²) < 4.78 is 0. The van der Waals surface area contributed by atoms with E-state index < -0.39 is 0 Å². The fourth-order valence-corrected chi connectivity index (χ4v) is 7.00. The second-order valence-electron chi connectivity index (χ2n) is 8.51. The molecule has 0 radical (unpaired) electrons. The third-order valence-electron chi connectivity index (χ3n) is 7.80. The number of benzene rings is 1. The molecule has 1 saturated carbocycles. The first-order chi connectivity index (χ1) is 12.3. The molecule has 2 saturated heterocycles. The van der Waals surface area contributed by atoms with E-state index in [-0.39, 0.29) is 24.0 Å². The molecule has 1 aromatic carbocycles. The SMILES string of the molecule is O=C1CC=C2[C@H]3C[C@@H]4N(CC[C@@]45c4ccccc4N1[C@@H]25)CC3CCO. The number of aliphatic hydroxyl groups excluding tert-OH is 1. The van der Waals surface area contributed by atoms with Gasteiger partial charge in [-0.15, -0.1) is 0 Å². The lowest BCUT2D eigenvalue weighted by Gasteiger charge is -2.56. The van der Waals surface area contributed by atoms with Crippen LogP contribution < -0.4 is 4.90 Å². The maximum Gasteiger partial charge on any atom is 0.231 e. The molecule has 130 valence electrons. The molecule has 25 heavy (non-hydrogen) atoms. The Hall–Kier alpha value is -1.65. The van der Waals surface area contributed by atoms with Gasteiger partial charge in [0.15, 0.2) is 0 Å². The Morgan fingerprint density at radius 2 is 2.16 bits per heavy atom. The largest absolute Gasteiger partial charge is 0.396 e. The number of carbonyl (C=O) groups excluding carboxylic acids is 1. The molecule has 6 rings (SSSR count). The number of hydrogen-bond donors (Lipinski definition) is 1. The van der Waals surface area contributed by atoms with Crippen LogP contribution in [0, 0.1) is 11.8 Å². The van der Waals surface area contributed by atoms with Gasteiger partial charge in [-0.2, -0.15) is 0 Å². The Balaban J connectivity index is 1.60. The number of aliphatic hydroxyl groups is 1. The molecule has 4 nitrogen and oxygen atoms in total. The molecule has 4 heteroatoms. The van der Waals surface area contributed by atoms with Gasteiger partial charge in [0.1, 0.15) is 0 Å². The van der Waals surface area contributed by atoms with E-state index in [1.54, 1.807) is 0 Å². The summed E-state index contributed by atoms with van der Waals surface area (Å²) in [5.41, 5.74) is 4.18. The first kappa shape index (κ1) is 14.5. The van der Waals surface area contributed by atoms with E-state index in [2.05, 4.69) is 40.1 Å². The van der Waals surface area contributed by atoms with Crippen molar-refractivity contribution in [2.24, 2.45) is 11.8 Å². The quantitative estimate of drug-likeness (QED) is 0.841. The van der Waals surface area contributed by atoms with E-state index in [0.717, 1.165) is 31.6 Å². The molecule has 1 amide bonds. The highest BCUT2D eigenvalue weighted by Gasteiger charge is 2.67. The fourth-order valence-electron chi connectivity index (χ4n) is 7.00. The lowest BCUT2D eigenvalue weighted by atomic mass is 9.56. The molecule has 1 aliphatic carbocycles. The minimum absolute atomic E-state index is 0.0964. The fraction of sp³-hybridized carbons (Fsp3) is 0.571. The van der Waals surface area contributed by atoms with Crippen molar-refractivity contribution in [2.45, 2.75) is 43.2 Å². The van der Waals surface area contributed by atoms with Gasteiger partial charge in [0.05, 0.1) is 6.04 Å². The second kappa shape index (κ2) is 4.74. The van der Waals surface area contributed by atoms with Gasteiger partial charge < -0.3 is 10.0 Å². The summed E-state index contributed by atoms with van der Waals surface area (Å²) in [7, 11) is 0. The zero-order chi connectivity index (χ0) is 16.8. The van der Waals surface area contributed by atoms with Crippen LogP contribution in [0.4, 0.5) is 5.69 Å². The molecular formula is C21H24N2O2. The second-order valence-corrected chi connectivity index (χ2v) is 8.51. The summed E-state index contributed by atoms with van der Waals surface area (Å²) in [4.78, 5) is 17.7. The number of para-hydroxylation sites is 1. The monoisotopic (exact) mass is 336 g/mol. The summed E-state index contributed by atoms with van der Waals surface area (Å²) in [6.45, 7) is 2.50. The number of nitrogens with zero attached hydrogens (tertiary/aromatic N) is 2. The van der Waals surface area contributed by atoms with Crippen molar-refractivity contribution in [1.82, 2.24) is 4.90 Å². The van der Waals surface area contributed by atoms with Crippen molar-refractivity contribution in [1.29, 1.82) is 0 Å². The molecule has 1 spiro atoms. The van der Waals surface area contributed by atoms with E-state index in [1.807, 2.05) is 0 Å². The minimum Gasteiger partial charge on any atom is -0.396 e. The number of fused-ring (bicyclic) bond motifs is 4. The smallest absolute Gasteiger partial charge is 0.231 e. The summed E-state index contributed by atoms with van der Waals surface area (Å²) in [5, 5.41) is 9.58. The molecule has 1 N–H and O–H groups in total. The molecule has 2 bridgehead atoms. The Morgan fingerprint density at radius 3 is 3.04 bits per heavy atom. The highest BCUT2D eigenvalue weighted by molar-refractivity contribution is 6.00. The van der Waals surface area contributed by atoms with Crippen LogP contribution in [0.15, 0.2) is 35.9 Å². The predicted molar refractivity (Wildman–Crippen MR) is 95.4 cm³/mol. The maximum absolute atomic E-state index is 12.9. The number of carbonyl (C=O) groups is 1. The van der Waals surface area contributed by atoms with Gasteiger partial charge in [0.2, 0.25) is 5.91 Å². The zero-order valence-electron chi connectivity index (χ0n) is 14.4. The van der Waals surface area contributed by atoms with Gasteiger partial charge in [0.25, 0.3) is 0 Å². The summed E-state index contributed by atoms with van der Waals surface area (Å²) in [6, 6.07) is 9.42. The van der Waals surface area contributed by atoms with Gasteiger partial charge >= 0.3 is 0 Å². The zero-order valence-corrected chi connectivity index (χ0v) is 14.4. The lowest BCUT2D eigenvalue weighted by molar-refractivity contribution is -0.119. The van der Waals surface area contributed by atoms with Crippen molar-refractivity contribution in [2.75, 3.05) is 24.6 Å². The highest BCUT2D eigenvalue weighted by atomic mass is 16.3. The lowest BCUT2D eigenvalue weighted by Crippen LogP contribution is -2.64. The van der Waals surface area contributed by atoms with E-state index in [1.165, 1.54) is 17.6 Å². The first-order valence-corrected chi connectivity index (χ1v) is 9.72. The molecule has 0 aromatic heterocycles. The number of hydrogen-bond acceptors (Lipinski definition) is 3. The Kier molecular flexibility index (Phi) is 2.75. The molecular weight excluding hydrogens is 312 g/mol. The van der Waals surface area contributed by atoms with Crippen LogP contribution >= 0.6 is 0 Å².